The van der Waals surface area contributed by atoms with E-state index >= 15 is 0 Å². The van der Waals surface area contributed by atoms with Gasteiger partial charge in [-0.1, -0.05) is 37.2 Å². The molecule has 39 heavy (non-hydrogen) atoms. The summed E-state index contributed by atoms with van der Waals surface area (Å²) in [7, 11) is 0. The van der Waals surface area contributed by atoms with E-state index in [0.29, 0.717) is 48.6 Å². The van der Waals surface area contributed by atoms with Gasteiger partial charge in [0.15, 0.2) is 5.82 Å². The molecule has 0 unspecified atom stereocenters. The molecule has 3 N–H and O–H groups in total. The Balaban J connectivity index is 1.21. The summed E-state index contributed by atoms with van der Waals surface area (Å²) in [6.45, 7) is 4.91. The minimum Gasteiger partial charge on any atom is -0.406 e. The molecule has 1 amide bonds. The van der Waals surface area contributed by atoms with Crippen molar-refractivity contribution < 1.29 is 27.2 Å². The largest absolute Gasteiger partial charge is 0.573 e. The van der Waals surface area contributed by atoms with Crippen molar-refractivity contribution in [2.24, 2.45) is 5.41 Å². The number of anilines is 1. The molecule has 0 aliphatic carbocycles. The van der Waals surface area contributed by atoms with E-state index in [2.05, 4.69) is 35.7 Å². The Hall–Kier alpha value is -4.42. The van der Waals surface area contributed by atoms with Crippen LogP contribution < -0.4 is 20.9 Å². The van der Waals surface area contributed by atoms with Crippen LogP contribution in [0, 0.1) is 5.41 Å². The number of H-pyrrole nitrogens is 1. The van der Waals surface area contributed by atoms with E-state index < -0.39 is 6.36 Å². The molecule has 2 aromatic heterocycles. The predicted molar refractivity (Wildman–Crippen MR) is 137 cm³/mol. The molecular formula is C26H27F3N6O4. The third kappa shape index (κ3) is 7.79. The second kappa shape index (κ2) is 11.5. The fourth-order valence-corrected chi connectivity index (χ4v) is 3.74. The maximum atomic E-state index is 12.4. The highest BCUT2D eigenvalue weighted by Gasteiger charge is 2.31. The van der Waals surface area contributed by atoms with Crippen LogP contribution in [-0.4, -0.2) is 45.7 Å². The van der Waals surface area contributed by atoms with Crippen LogP contribution in [0.4, 0.5) is 19.0 Å². The molecule has 0 fully saturated rings. The van der Waals surface area contributed by atoms with Gasteiger partial charge in [0.25, 0.3) is 5.56 Å². The number of hydrogen-bond acceptors (Lipinski definition) is 8. The molecule has 13 heteroatoms. The number of nitrogens with zero attached hydrogens (tertiary/aromatic N) is 3. The average molecular weight is 545 g/mol. The highest BCUT2D eigenvalue weighted by molar-refractivity contribution is 5.90. The number of benzene rings is 2. The molecular weight excluding hydrogens is 517 g/mol. The lowest BCUT2D eigenvalue weighted by atomic mass is 9.93. The van der Waals surface area contributed by atoms with E-state index in [9.17, 15) is 22.8 Å². The summed E-state index contributed by atoms with van der Waals surface area (Å²) in [5.74, 6) is 0.636. The molecule has 0 saturated heterocycles. The highest BCUT2D eigenvalue weighted by atomic mass is 19.4. The highest BCUT2D eigenvalue weighted by Crippen LogP contribution is 2.25. The van der Waals surface area contributed by atoms with Crippen molar-refractivity contribution >= 4 is 22.5 Å². The summed E-state index contributed by atoms with van der Waals surface area (Å²) in [5.41, 5.74) is -0.0948. The zero-order valence-electron chi connectivity index (χ0n) is 21.3. The molecule has 4 aromatic rings. The number of nitrogens with one attached hydrogen (secondary N) is 3. The smallest absolute Gasteiger partial charge is 0.406 e. The zero-order chi connectivity index (χ0) is 28.0. The van der Waals surface area contributed by atoms with Crippen molar-refractivity contribution in [2.75, 3.05) is 18.4 Å². The first-order valence-electron chi connectivity index (χ1n) is 12.2. The van der Waals surface area contributed by atoms with Crippen molar-refractivity contribution in [2.45, 2.75) is 39.5 Å². The Morgan fingerprint density at radius 2 is 1.77 bits per heavy atom. The first-order valence-corrected chi connectivity index (χ1v) is 12.2. The molecule has 0 atom stereocenters. The standard InChI is InChI=1S/C26H27F3N6O4/c1-25(2,15-31-23-18-6-3-4-7-19(18)24(37)34-33-23)14-30-20(36)8-5-9-21-32-22(35-39-21)16-10-12-17(13-11-16)38-26(27,28)29/h3-4,6-7,10-13H,5,8-9,14-15H2,1-2H3,(H,30,36)(H,31,33)(H,34,37). The molecule has 0 saturated carbocycles. The number of aryl methyl sites for hydroxylation is 1. The van der Waals surface area contributed by atoms with E-state index in [4.69, 9.17) is 4.52 Å². The number of ether oxygens (including phenoxy) is 1. The topological polar surface area (TPSA) is 135 Å². The number of carbonyl (C=O) groups is 1. The normalized spacial score (nSPS) is 11.9. The molecule has 0 radical (unpaired) electrons. The van der Waals surface area contributed by atoms with Crippen LogP contribution in [0.25, 0.3) is 22.2 Å². The van der Waals surface area contributed by atoms with Crippen molar-refractivity contribution in [3.8, 4) is 17.1 Å². The zero-order valence-corrected chi connectivity index (χ0v) is 21.3. The molecule has 206 valence electrons. The number of amides is 1. The first-order chi connectivity index (χ1) is 18.5. The average Bonchev–Trinajstić information content (AvgIpc) is 3.36. The molecule has 0 aliphatic heterocycles. The van der Waals surface area contributed by atoms with Crippen LogP contribution in [0.5, 0.6) is 5.75 Å². The third-order valence-electron chi connectivity index (χ3n) is 5.80. The second-order valence-electron chi connectivity index (χ2n) is 9.68. The SMILES string of the molecule is CC(C)(CNC(=O)CCCc1nc(-c2ccc(OC(F)(F)F)cc2)no1)CNc1n[nH]c(=O)c2ccccc12. The summed E-state index contributed by atoms with van der Waals surface area (Å²) in [4.78, 5) is 28.6. The van der Waals surface area contributed by atoms with Gasteiger partial charge >= 0.3 is 6.36 Å². The number of aromatic nitrogens is 4. The molecule has 2 aromatic carbocycles. The Kier molecular flexibility index (Phi) is 8.17. The number of halogens is 3. The van der Waals surface area contributed by atoms with Crippen LogP contribution in [0.2, 0.25) is 0 Å². The third-order valence-corrected chi connectivity index (χ3v) is 5.80. The number of alkyl halides is 3. The fourth-order valence-electron chi connectivity index (χ4n) is 3.74. The maximum Gasteiger partial charge on any atom is 0.573 e. The summed E-state index contributed by atoms with van der Waals surface area (Å²) < 4.78 is 45.9. The van der Waals surface area contributed by atoms with Crippen LogP contribution in [0.1, 0.15) is 32.6 Å². The number of hydrogen-bond donors (Lipinski definition) is 3. The van der Waals surface area contributed by atoms with Crippen LogP contribution >= 0.6 is 0 Å². The lowest BCUT2D eigenvalue weighted by Gasteiger charge is -2.25. The van der Waals surface area contributed by atoms with Gasteiger partial charge in [0.2, 0.25) is 17.6 Å². The minimum atomic E-state index is -4.77. The number of carbonyl (C=O) groups excluding carboxylic acids is 1. The van der Waals surface area contributed by atoms with E-state index in [1.807, 2.05) is 26.0 Å². The van der Waals surface area contributed by atoms with Gasteiger partial charge in [-0.25, -0.2) is 5.10 Å². The van der Waals surface area contributed by atoms with E-state index in [-0.39, 0.29) is 34.9 Å². The molecule has 4 rings (SSSR count). The molecule has 2 heterocycles. The minimum absolute atomic E-state index is 0.129. The first kappa shape index (κ1) is 27.6. The quantitative estimate of drug-likeness (QED) is 0.252. The molecule has 0 bridgehead atoms. The molecule has 10 nitrogen and oxygen atoms in total. The maximum absolute atomic E-state index is 12.4. The summed E-state index contributed by atoms with van der Waals surface area (Å²) in [5, 5.41) is 17.9. The van der Waals surface area contributed by atoms with E-state index in [1.165, 1.54) is 24.3 Å². The Labute approximate surface area is 221 Å². The van der Waals surface area contributed by atoms with Gasteiger partial charge in [0, 0.05) is 36.9 Å². The van der Waals surface area contributed by atoms with Crippen molar-refractivity contribution in [3.63, 3.8) is 0 Å². The second-order valence-corrected chi connectivity index (χ2v) is 9.68. The lowest BCUT2D eigenvalue weighted by Crippen LogP contribution is -2.38. The van der Waals surface area contributed by atoms with Crippen molar-refractivity contribution in [3.05, 3.63) is 64.8 Å². The summed E-state index contributed by atoms with van der Waals surface area (Å²) in [6, 6.07) is 12.3. The van der Waals surface area contributed by atoms with Crippen molar-refractivity contribution in [1.82, 2.24) is 25.7 Å². The summed E-state index contributed by atoms with van der Waals surface area (Å²) in [6.07, 6.45) is -3.68. The van der Waals surface area contributed by atoms with Gasteiger partial charge < -0.3 is 19.9 Å². The van der Waals surface area contributed by atoms with Gasteiger partial charge in [0.05, 0.1) is 5.39 Å². The van der Waals surface area contributed by atoms with Gasteiger partial charge in [0.1, 0.15) is 5.75 Å². The van der Waals surface area contributed by atoms with Gasteiger partial charge in [-0.15, -0.1) is 13.2 Å². The fraction of sp³-hybridized carbons (Fsp3) is 0.346. The Morgan fingerprint density at radius 3 is 2.49 bits per heavy atom. The lowest BCUT2D eigenvalue weighted by molar-refractivity contribution is -0.274. The molecule has 0 aliphatic rings. The van der Waals surface area contributed by atoms with E-state index in [1.54, 1.807) is 12.1 Å². The Bertz CT molecular complexity index is 1480. The van der Waals surface area contributed by atoms with Gasteiger partial charge in [-0.05, 0) is 42.2 Å². The molecule has 0 spiro atoms. The number of rotatable bonds is 11. The van der Waals surface area contributed by atoms with E-state index in [0.717, 1.165) is 5.39 Å². The number of fused-ring (bicyclic) bond motifs is 1. The number of aromatic amines is 1. The van der Waals surface area contributed by atoms with Gasteiger partial charge in [-0.2, -0.15) is 10.1 Å². The van der Waals surface area contributed by atoms with Gasteiger partial charge in [-0.3, -0.25) is 9.59 Å². The van der Waals surface area contributed by atoms with Crippen LogP contribution in [-0.2, 0) is 11.2 Å². The predicted octanol–water partition coefficient (Wildman–Crippen LogP) is 4.45. The van der Waals surface area contributed by atoms with Crippen molar-refractivity contribution in [1.29, 1.82) is 0 Å². The van der Waals surface area contributed by atoms with Crippen LogP contribution in [0.3, 0.4) is 0 Å². The van der Waals surface area contributed by atoms with Crippen LogP contribution in [0.15, 0.2) is 57.8 Å². The summed E-state index contributed by atoms with van der Waals surface area (Å²) >= 11 is 0. The monoisotopic (exact) mass is 544 g/mol. The Morgan fingerprint density at radius 1 is 1.05 bits per heavy atom.